The van der Waals surface area contributed by atoms with Gasteiger partial charge in [-0.15, -0.1) is 0 Å². The number of carbonyl (C=O) groups excluding carboxylic acids is 6. The molecule has 0 bridgehead atoms. The lowest BCUT2D eigenvalue weighted by Crippen LogP contribution is -2.92. The molecular weight excluding hydrogens is 1270 g/mol. The first kappa shape index (κ1) is 86.5. The van der Waals surface area contributed by atoms with Gasteiger partial charge in [-0.05, 0) is 190 Å². The number of aliphatic hydroxyl groups excluding tert-OH is 3. The van der Waals surface area contributed by atoms with Crippen molar-refractivity contribution in [2.24, 2.45) is 71.0 Å². The fourth-order valence-electron chi connectivity index (χ4n) is 20.9. The van der Waals surface area contributed by atoms with Crippen molar-refractivity contribution in [3.8, 4) is 0 Å². The lowest BCUT2D eigenvalue weighted by Gasteiger charge is -2.63. The Morgan fingerprint density at radius 1 is 0.245 bits per heavy atom. The summed E-state index contributed by atoms with van der Waals surface area (Å²) in [6, 6.07) is 0. The first-order chi connectivity index (χ1) is 49.6. The molecule has 0 aromatic heterocycles. The van der Waals surface area contributed by atoms with Crippen LogP contribution in [0.5, 0.6) is 0 Å². The molecule has 0 aromatic carbocycles. The molecule has 7 rings (SSSR count). The average Bonchev–Trinajstić information content (AvgIpc) is 0.659. The summed E-state index contributed by atoms with van der Waals surface area (Å²) in [4.78, 5) is 103. The van der Waals surface area contributed by atoms with E-state index in [-0.39, 0.29) is 18.8 Å². The van der Waals surface area contributed by atoms with Crippen molar-refractivity contribution in [2.45, 2.75) is 462 Å². The van der Waals surface area contributed by atoms with Crippen molar-refractivity contribution < 1.29 is 58.3 Å². The molecule has 0 aromatic rings. The quantitative estimate of drug-likeness (QED) is 0.0297. The zero-order valence-corrected chi connectivity index (χ0v) is 66.6. The molecule has 0 aliphatic heterocycles. The molecule has 0 saturated heterocycles. The van der Waals surface area contributed by atoms with Crippen LogP contribution in [0.2, 0.25) is 0 Å². The standard InChI is InChI=1S/C90H156O12/c1-7-13-19-25-31-37-67-43-55-73(56-44-67)80(92)88(100-85(97)76-61-49-70(50-62-76)40-34-28-22-16-10-4)83(95)79(91)84(96)89(81(93)74-57-45-68(46-58-74)38-32-26-20-14-8-2,101-86(98)77-63-51-71(52-64-77)41-35-29-23-17-11-5)90(88,82(94)75-59-47-69(48-60-75)39-33-27-21-15-9-3)102-87(99)78-65-53-72(54-66-78)42-36-30-24-18-12-6/h67-79,83-84,91,95-96H,7-66H2,1-6H3/t67-,68-,69-,70-,71-,72-,73-,74-,75-,76-,77-,78-,79-,83-,84+,88+,89-,90-. The van der Waals surface area contributed by atoms with Gasteiger partial charge in [0.25, 0.3) is 5.60 Å². The number of rotatable bonds is 48. The molecule has 0 spiro atoms. The van der Waals surface area contributed by atoms with Gasteiger partial charge in [-0.1, -0.05) is 273 Å². The van der Waals surface area contributed by atoms with Gasteiger partial charge in [-0.3, -0.25) is 28.8 Å². The first-order valence-corrected chi connectivity index (χ1v) is 44.9. The van der Waals surface area contributed by atoms with Crippen LogP contribution in [-0.4, -0.2) is 85.7 Å². The van der Waals surface area contributed by atoms with Gasteiger partial charge in [0.05, 0.1) is 17.8 Å². The van der Waals surface area contributed by atoms with Gasteiger partial charge >= 0.3 is 17.9 Å². The molecule has 12 heteroatoms. The van der Waals surface area contributed by atoms with Crippen LogP contribution in [0.15, 0.2) is 0 Å². The summed E-state index contributed by atoms with van der Waals surface area (Å²) in [7, 11) is 0. The van der Waals surface area contributed by atoms with Crippen molar-refractivity contribution >= 4 is 35.3 Å². The van der Waals surface area contributed by atoms with E-state index < -0.39 is 106 Å². The molecular formula is C90H156O12. The number of ketones is 3. The van der Waals surface area contributed by atoms with Crippen LogP contribution in [0.25, 0.3) is 0 Å². The lowest BCUT2D eigenvalue weighted by atomic mass is 9.49. The summed E-state index contributed by atoms with van der Waals surface area (Å²) >= 11 is 0. The van der Waals surface area contributed by atoms with E-state index in [4.69, 9.17) is 14.2 Å². The molecule has 0 amide bonds. The van der Waals surface area contributed by atoms with Crippen molar-refractivity contribution in [3.63, 3.8) is 0 Å². The van der Waals surface area contributed by atoms with Crippen LogP contribution in [0.1, 0.15) is 427 Å². The van der Waals surface area contributed by atoms with E-state index in [1.165, 1.54) is 57.8 Å². The molecule has 7 saturated carbocycles. The van der Waals surface area contributed by atoms with Crippen LogP contribution in [0.3, 0.4) is 0 Å². The first-order valence-electron chi connectivity index (χ1n) is 44.9. The Balaban J connectivity index is 1.44. The summed E-state index contributed by atoms with van der Waals surface area (Å²) in [6.07, 6.45) is 45.1. The second kappa shape index (κ2) is 46.6. The number of carbonyl (C=O) groups is 6. The third-order valence-electron chi connectivity index (χ3n) is 27.9. The molecule has 3 N–H and O–H groups in total. The highest BCUT2D eigenvalue weighted by Gasteiger charge is 2.89. The van der Waals surface area contributed by atoms with E-state index in [2.05, 4.69) is 41.5 Å². The van der Waals surface area contributed by atoms with Crippen molar-refractivity contribution in [2.75, 3.05) is 0 Å². The minimum absolute atomic E-state index is 0.274. The van der Waals surface area contributed by atoms with Crippen molar-refractivity contribution in [1.82, 2.24) is 0 Å². The van der Waals surface area contributed by atoms with Gasteiger partial charge in [0.15, 0.2) is 17.3 Å². The van der Waals surface area contributed by atoms with Crippen LogP contribution in [0.4, 0.5) is 0 Å². The Labute approximate surface area is 623 Å². The molecule has 7 aliphatic carbocycles. The van der Waals surface area contributed by atoms with E-state index >= 15 is 28.8 Å². The van der Waals surface area contributed by atoms with E-state index in [1.807, 2.05) is 0 Å². The number of hydrogen-bond acceptors (Lipinski definition) is 12. The highest BCUT2D eigenvalue weighted by atomic mass is 16.7. The third kappa shape index (κ3) is 23.9. The Morgan fingerprint density at radius 2 is 0.431 bits per heavy atom. The zero-order chi connectivity index (χ0) is 73.2. The van der Waals surface area contributed by atoms with E-state index in [9.17, 15) is 15.3 Å². The Bertz CT molecular complexity index is 2250. The Hall–Kier alpha value is -2.70. The van der Waals surface area contributed by atoms with Crippen LogP contribution < -0.4 is 0 Å². The van der Waals surface area contributed by atoms with Crippen molar-refractivity contribution in [1.29, 1.82) is 0 Å². The minimum atomic E-state index is -3.44. The maximum absolute atomic E-state index is 18.1. The molecule has 6 atom stereocenters. The summed E-state index contributed by atoms with van der Waals surface area (Å²) < 4.78 is 22.1. The topological polar surface area (TPSA) is 191 Å². The summed E-state index contributed by atoms with van der Waals surface area (Å²) in [5.41, 5.74) is -10.1. The molecule has 12 nitrogen and oxygen atoms in total. The fourth-order valence-corrected chi connectivity index (χ4v) is 20.9. The number of ether oxygens (including phenoxy) is 3. The molecule has 7 aliphatic rings. The summed E-state index contributed by atoms with van der Waals surface area (Å²) in [6.45, 7) is 13.3. The second-order valence-electron chi connectivity index (χ2n) is 35.4. The van der Waals surface area contributed by atoms with Gasteiger partial charge in [0.2, 0.25) is 11.2 Å². The van der Waals surface area contributed by atoms with Crippen molar-refractivity contribution in [3.05, 3.63) is 0 Å². The molecule has 7 fully saturated rings. The predicted octanol–water partition coefficient (Wildman–Crippen LogP) is 22.6. The van der Waals surface area contributed by atoms with Gasteiger partial charge in [0, 0.05) is 17.8 Å². The van der Waals surface area contributed by atoms with E-state index in [0.29, 0.717) is 145 Å². The van der Waals surface area contributed by atoms with Crippen LogP contribution in [-0.2, 0) is 43.0 Å². The van der Waals surface area contributed by atoms with E-state index in [0.717, 1.165) is 199 Å². The van der Waals surface area contributed by atoms with Gasteiger partial charge in [0.1, 0.15) is 18.3 Å². The summed E-state index contributed by atoms with van der Waals surface area (Å²) in [5, 5.41) is 41.6. The third-order valence-corrected chi connectivity index (χ3v) is 27.9. The number of aliphatic hydroxyl groups is 3. The second-order valence-corrected chi connectivity index (χ2v) is 35.4. The zero-order valence-electron chi connectivity index (χ0n) is 66.6. The highest BCUT2D eigenvalue weighted by Crippen LogP contribution is 2.59. The normalized spacial score (nSPS) is 33.1. The number of esters is 3. The maximum Gasteiger partial charge on any atom is 0.310 e. The fraction of sp³-hybridized carbons (Fsp3) is 0.933. The molecule has 102 heavy (non-hydrogen) atoms. The maximum atomic E-state index is 18.1. The SMILES string of the molecule is CCCCCCC[C@H]1CC[C@H](C(=O)O[C@@]2(C(=O)[C@H]3CC[C@H](CCCCCCC)CC3)[C@@](OC(=O)[C@H]3CC[C@H](CCCCCCC)CC3)(C(=O)[C@H]3CC[C@H](CCCCCCC)CC3)[C@@H](O)[C@H](O)[C@@H](O)[C@@]2(OC(=O)[C@H]2CC[C@H](CCCCCCC)CC2)C(=O)[C@H]2CC[C@H](CCCCCCC)CC2)CC1. The van der Waals surface area contributed by atoms with Crippen LogP contribution >= 0.6 is 0 Å². The number of hydrogen-bond donors (Lipinski definition) is 3. The van der Waals surface area contributed by atoms with Gasteiger partial charge < -0.3 is 29.5 Å². The Kier molecular flexibility index (Phi) is 39.5. The average molecular weight is 1430 g/mol. The molecule has 0 unspecified atom stereocenters. The molecule has 588 valence electrons. The largest absolute Gasteiger partial charge is 0.443 e. The van der Waals surface area contributed by atoms with E-state index in [1.54, 1.807) is 0 Å². The lowest BCUT2D eigenvalue weighted by molar-refractivity contribution is -0.329. The minimum Gasteiger partial charge on any atom is -0.443 e. The number of Topliss-reactive ketones (excluding diaryl/α,β-unsaturated/α-hetero) is 3. The van der Waals surface area contributed by atoms with Gasteiger partial charge in [-0.2, -0.15) is 0 Å². The molecule has 0 radical (unpaired) electrons. The Morgan fingerprint density at radius 3 is 0.647 bits per heavy atom. The highest BCUT2D eigenvalue weighted by molar-refractivity contribution is 6.12. The van der Waals surface area contributed by atoms with Crippen LogP contribution in [0, 0.1) is 71.0 Å². The smallest absolute Gasteiger partial charge is 0.310 e. The number of unbranched alkanes of at least 4 members (excludes halogenated alkanes) is 24. The predicted molar refractivity (Wildman–Crippen MR) is 412 cm³/mol. The summed E-state index contributed by atoms with van der Waals surface area (Å²) in [5.74, 6) is -8.69. The molecule has 0 heterocycles. The monoisotopic (exact) mass is 1430 g/mol. The van der Waals surface area contributed by atoms with Gasteiger partial charge in [-0.25, -0.2) is 0 Å².